The molecular formula is C24H28FN4O2+. The maximum atomic E-state index is 13.2. The van der Waals surface area contributed by atoms with Gasteiger partial charge in [0.25, 0.3) is 5.56 Å². The van der Waals surface area contributed by atoms with Crippen LogP contribution in [0.5, 0.6) is 0 Å². The van der Waals surface area contributed by atoms with E-state index < -0.39 is 0 Å². The molecule has 1 saturated heterocycles. The fourth-order valence-corrected chi connectivity index (χ4v) is 4.10. The van der Waals surface area contributed by atoms with Crippen LogP contribution >= 0.6 is 0 Å². The Bertz CT molecular complexity index is 1120. The topological polar surface area (TPSA) is 69.6 Å². The van der Waals surface area contributed by atoms with Gasteiger partial charge in [0.05, 0.1) is 32.7 Å². The van der Waals surface area contributed by atoms with Crippen molar-refractivity contribution in [2.24, 2.45) is 0 Å². The van der Waals surface area contributed by atoms with Crippen molar-refractivity contribution in [2.45, 2.75) is 26.3 Å². The maximum Gasteiger partial charge on any atom is 0.322 e. The third-order valence-electron chi connectivity index (χ3n) is 5.87. The minimum Gasteiger partial charge on any atom is -0.333 e. The molecule has 162 valence electrons. The van der Waals surface area contributed by atoms with Crippen molar-refractivity contribution in [3.8, 4) is 0 Å². The van der Waals surface area contributed by atoms with Gasteiger partial charge in [0.1, 0.15) is 5.82 Å². The molecule has 0 radical (unpaired) electrons. The van der Waals surface area contributed by atoms with Crippen LogP contribution in [0.2, 0.25) is 0 Å². The lowest BCUT2D eigenvalue weighted by atomic mass is 10.1. The summed E-state index contributed by atoms with van der Waals surface area (Å²) in [6, 6.07) is 13.1. The van der Waals surface area contributed by atoms with Crippen molar-refractivity contribution >= 4 is 22.6 Å². The van der Waals surface area contributed by atoms with Gasteiger partial charge in [-0.2, -0.15) is 0 Å². The molecule has 1 fully saturated rings. The number of rotatable bonds is 6. The molecule has 0 bridgehead atoms. The summed E-state index contributed by atoms with van der Waals surface area (Å²) in [6.07, 6.45) is 2.42. The first-order valence-corrected chi connectivity index (χ1v) is 10.8. The molecule has 3 aromatic rings. The number of quaternary nitrogens is 1. The summed E-state index contributed by atoms with van der Waals surface area (Å²) < 4.78 is 13.2. The zero-order chi connectivity index (χ0) is 21.8. The molecule has 2 heterocycles. The third-order valence-corrected chi connectivity index (χ3v) is 5.87. The van der Waals surface area contributed by atoms with Crippen molar-refractivity contribution in [1.29, 1.82) is 0 Å². The molecule has 0 atom stereocenters. The molecule has 1 aliphatic rings. The number of benzene rings is 2. The van der Waals surface area contributed by atoms with Gasteiger partial charge in [-0.1, -0.05) is 11.6 Å². The Morgan fingerprint density at radius 1 is 1.13 bits per heavy atom. The minimum absolute atomic E-state index is 0.190. The summed E-state index contributed by atoms with van der Waals surface area (Å²) in [5.74, 6) is -0.356. The minimum atomic E-state index is -0.356. The molecule has 0 saturated carbocycles. The fourth-order valence-electron chi connectivity index (χ4n) is 4.10. The summed E-state index contributed by atoms with van der Waals surface area (Å²) in [5.41, 5.74) is 2.76. The quantitative estimate of drug-likeness (QED) is 0.571. The summed E-state index contributed by atoms with van der Waals surface area (Å²) in [6.45, 7) is 5.81. The molecule has 1 aliphatic heterocycles. The number of carbonyl (C=O) groups excluding carboxylic acids is 1. The number of amides is 2. The van der Waals surface area contributed by atoms with E-state index in [4.69, 9.17) is 0 Å². The zero-order valence-electron chi connectivity index (χ0n) is 17.7. The number of aromatic nitrogens is 1. The van der Waals surface area contributed by atoms with Gasteiger partial charge in [0.15, 0.2) is 0 Å². The number of carbonyl (C=O) groups is 1. The third kappa shape index (κ3) is 5.30. The number of hydrogen-bond acceptors (Lipinski definition) is 2. The normalized spacial score (nSPS) is 14.1. The Morgan fingerprint density at radius 2 is 1.87 bits per heavy atom. The molecule has 1 aromatic heterocycles. The van der Waals surface area contributed by atoms with Crippen LogP contribution in [0.15, 0.2) is 53.3 Å². The van der Waals surface area contributed by atoms with E-state index in [2.05, 4.69) is 10.3 Å². The number of likely N-dealkylation sites (tertiary alicyclic amines) is 1. The van der Waals surface area contributed by atoms with E-state index in [-0.39, 0.29) is 24.0 Å². The van der Waals surface area contributed by atoms with Crippen LogP contribution in [0.4, 0.5) is 14.9 Å². The highest BCUT2D eigenvalue weighted by molar-refractivity contribution is 5.89. The smallest absolute Gasteiger partial charge is 0.322 e. The largest absolute Gasteiger partial charge is 0.333 e. The van der Waals surface area contributed by atoms with Gasteiger partial charge in [-0.25, -0.2) is 9.18 Å². The van der Waals surface area contributed by atoms with Crippen LogP contribution in [0.1, 0.15) is 24.0 Å². The number of aromatic amines is 1. The number of anilines is 1. The van der Waals surface area contributed by atoms with Gasteiger partial charge in [0, 0.05) is 29.6 Å². The van der Waals surface area contributed by atoms with Crippen LogP contribution in [0.3, 0.4) is 0 Å². The molecule has 4 rings (SSSR count). The van der Waals surface area contributed by atoms with Crippen LogP contribution in [0, 0.1) is 12.7 Å². The van der Waals surface area contributed by atoms with E-state index in [0.717, 1.165) is 36.1 Å². The first-order valence-electron chi connectivity index (χ1n) is 10.8. The van der Waals surface area contributed by atoms with Gasteiger partial charge in [-0.3, -0.25) is 4.79 Å². The predicted molar refractivity (Wildman–Crippen MR) is 120 cm³/mol. The summed E-state index contributed by atoms with van der Waals surface area (Å²) >= 11 is 0. The Morgan fingerprint density at radius 3 is 2.61 bits per heavy atom. The first-order chi connectivity index (χ1) is 15.0. The van der Waals surface area contributed by atoms with E-state index in [1.165, 1.54) is 42.0 Å². The van der Waals surface area contributed by atoms with E-state index in [1.807, 2.05) is 31.2 Å². The number of nitrogens with zero attached hydrogens (tertiary/aromatic N) is 1. The monoisotopic (exact) mass is 423 g/mol. The Hall–Kier alpha value is -3.19. The average Bonchev–Trinajstić information content (AvgIpc) is 3.27. The molecule has 0 aliphatic carbocycles. The number of halogens is 1. The second-order valence-corrected chi connectivity index (χ2v) is 8.28. The second-order valence-electron chi connectivity index (χ2n) is 8.28. The maximum absolute atomic E-state index is 13.2. The van der Waals surface area contributed by atoms with E-state index >= 15 is 0 Å². The molecule has 3 N–H and O–H groups in total. The van der Waals surface area contributed by atoms with Crippen LogP contribution in [0.25, 0.3) is 10.9 Å². The summed E-state index contributed by atoms with van der Waals surface area (Å²) in [5, 5.41) is 3.77. The number of aryl methyl sites for hydroxylation is 1. The molecule has 7 heteroatoms. The Kier molecular flexibility index (Phi) is 6.32. The first kappa shape index (κ1) is 21.1. The van der Waals surface area contributed by atoms with Crippen LogP contribution in [-0.4, -0.2) is 42.1 Å². The molecule has 6 nitrogen and oxygen atoms in total. The highest BCUT2D eigenvalue weighted by Gasteiger charge is 2.21. The average molecular weight is 424 g/mol. The Balaban J connectivity index is 1.56. The van der Waals surface area contributed by atoms with Crippen molar-refractivity contribution in [3.63, 3.8) is 0 Å². The van der Waals surface area contributed by atoms with Gasteiger partial charge in [0.2, 0.25) is 0 Å². The van der Waals surface area contributed by atoms with E-state index in [1.54, 1.807) is 4.90 Å². The van der Waals surface area contributed by atoms with Gasteiger partial charge in [-0.15, -0.1) is 0 Å². The highest BCUT2D eigenvalue weighted by Crippen LogP contribution is 2.15. The Labute approximate surface area is 180 Å². The van der Waals surface area contributed by atoms with Gasteiger partial charge >= 0.3 is 6.03 Å². The molecule has 0 unspecified atom stereocenters. The second kappa shape index (κ2) is 9.31. The van der Waals surface area contributed by atoms with Gasteiger partial charge in [-0.05, 0) is 54.8 Å². The van der Waals surface area contributed by atoms with Crippen molar-refractivity contribution in [3.05, 3.63) is 75.8 Å². The lowest BCUT2D eigenvalue weighted by Gasteiger charge is -2.24. The predicted octanol–water partition coefficient (Wildman–Crippen LogP) is 2.69. The number of nitrogens with one attached hydrogen (secondary N) is 3. The summed E-state index contributed by atoms with van der Waals surface area (Å²) in [7, 11) is 0. The zero-order valence-corrected chi connectivity index (χ0v) is 17.7. The molecule has 31 heavy (non-hydrogen) atoms. The van der Waals surface area contributed by atoms with Crippen LogP contribution < -0.4 is 15.8 Å². The van der Waals surface area contributed by atoms with Crippen molar-refractivity contribution in [1.82, 2.24) is 9.88 Å². The van der Waals surface area contributed by atoms with E-state index in [9.17, 15) is 14.0 Å². The highest BCUT2D eigenvalue weighted by atomic mass is 19.1. The molecule has 2 amide bonds. The van der Waals surface area contributed by atoms with Gasteiger partial charge < -0.3 is 20.1 Å². The number of fused-ring (bicyclic) bond motifs is 1. The van der Waals surface area contributed by atoms with Crippen LogP contribution in [-0.2, 0) is 6.54 Å². The number of pyridine rings is 1. The number of H-pyrrole nitrogens is 1. The molecule has 2 aromatic carbocycles. The standard InChI is InChI=1S/C24H27FN4O2/c1-17-4-9-22-18(14-17)15-19(23(30)27-22)16-29(13-12-28-10-2-3-11-28)24(31)26-21-7-5-20(25)6-8-21/h4-9,14-15H,2-3,10-13,16H2,1H3,(H,26,31)(H,27,30)/p+1. The van der Waals surface area contributed by atoms with E-state index in [0.29, 0.717) is 17.8 Å². The number of urea groups is 1. The SMILES string of the molecule is Cc1ccc2[nH]c(=O)c(CN(CC[NH+]3CCCC3)C(=O)Nc3ccc(F)cc3)cc2c1. The number of hydrogen-bond donors (Lipinski definition) is 3. The lowest BCUT2D eigenvalue weighted by molar-refractivity contribution is -0.886. The summed E-state index contributed by atoms with van der Waals surface area (Å²) in [4.78, 5) is 31.8. The van der Waals surface area contributed by atoms with Crippen molar-refractivity contribution in [2.75, 3.05) is 31.5 Å². The lowest BCUT2D eigenvalue weighted by Crippen LogP contribution is -3.10. The van der Waals surface area contributed by atoms with Crippen molar-refractivity contribution < 1.29 is 14.1 Å². The molecular weight excluding hydrogens is 395 g/mol. The fraction of sp³-hybridized carbons (Fsp3) is 0.333. The molecule has 0 spiro atoms.